The van der Waals surface area contributed by atoms with Crippen LogP contribution < -0.4 is 4.74 Å². The summed E-state index contributed by atoms with van der Waals surface area (Å²) < 4.78 is 10.9. The van der Waals surface area contributed by atoms with E-state index in [0.29, 0.717) is 13.2 Å². The van der Waals surface area contributed by atoms with Gasteiger partial charge in [0.2, 0.25) is 0 Å². The molecule has 1 heterocycles. The van der Waals surface area contributed by atoms with Crippen molar-refractivity contribution in [1.29, 1.82) is 0 Å². The molecule has 3 nitrogen and oxygen atoms in total. The third-order valence-electron chi connectivity index (χ3n) is 2.70. The van der Waals surface area contributed by atoms with Gasteiger partial charge in [0.1, 0.15) is 12.4 Å². The molecule has 0 saturated heterocycles. The highest BCUT2D eigenvalue weighted by molar-refractivity contribution is 7.09. The lowest BCUT2D eigenvalue weighted by Crippen LogP contribution is -1.97. The minimum Gasteiger partial charge on any atom is -0.497 e. The van der Waals surface area contributed by atoms with Crippen LogP contribution in [0, 0.1) is 11.8 Å². The molecule has 0 unspecified atom stereocenters. The Balaban J connectivity index is 2.06. The summed E-state index contributed by atoms with van der Waals surface area (Å²) in [5, 5.41) is 10.8. The molecule has 2 rings (SSSR count). The van der Waals surface area contributed by atoms with Crippen LogP contribution in [0.3, 0.4) is 0 Å². The highest BCUT2D eigenvalue weighted by Gasteiger charge is 2.04. The van der Waals surface area contributed by atoms with E-state index in [9.17, 15) is 0 Å². The topological polar surface area (TPSA) is 38.7 Å². The second kappa shape index (κ2) is 7.71. The smallest absolute Gasteiger partial charge is 0.119 e. The second-order valence-corrected chi connectivity index (χ2v) is 5.09. The van der Waals surface area contributed by atoms with Crippen LogP contribution in [0.25, 0.3) is 0 Å². The Labute approximate surface area is 122 Å². The molecule has 20 heavy (non-hydrogen) atoms. The van der Waals surface area contributed by atoms with Crippen molar-refractivity contribution in [2.75, 3.05) is 13.7 Å². The van der Waals surface area contributed by atoms with E-state index in [4.69, 9.17) is 14.6 Å². The summed E-state index contributed by atoms with van der Waals surface area (Å²) >= 11 is 1.67. The third kappa shape index (κ3) is 4.10. The quantitative estimate of drug-likeness (QED) is 0.860. The molecule has 0 radical (unpaired) electrons. The summed E-state index contributed by atoms with van der Waals surface area (Å²) in [6.07, 6.45) is 0. The molecule has 0 bridgehead atoms. The first-order valence-corrected chi connectivity index (χ1v) is 7.08. The normalized spacial score (nSPS) is 9.90. The Hall–Kier alpha value is -1.80. The van der Waals surface area contributed by atoms with Crippen molar-refractivity contribution in [2.45, 2.75) is 13.2 Å². The van der Waals surface area contributed by atoms with E-state index in [1.165, 1.54) is 4.88 Å². The fourth-order valence-electron chi connectivity index (χ4n) is 1.73. The molecule has 4 heteroatoms. The summed E-state index contributed by atoms with van der Waals surface area (Å²) in [5.74, 6) is 6.36. The predicted molar refractivity (Wildman–Crippen MR) is 79.8 cm³/mol. The third-order valence-corrected chi connectivity index (χ3v) is 3.55. The molecule has 1 N–H and O–H groups in total. The van der Waals surface area contributed by atoms with Crippen molar-refractivity contribution in [3.8, 4) is 17.6 Å². The van der Waals surface area contributed by atoms with E-state index in [-0.39, 0.29) is 6.61 Å². The van der Waals surface area contributed by atoms with Crippen LogP contribution >= 0.6 is 11.3 Å². The zero-order valence-corrected chi connectivity index (χ0v) is 12.1. The van der Waals surface area contributed by atoms with E-state index in [2.05, 4.69) is 11.8 Å². The lowest BCUT2D eigenvalue weighted by molar-refractivity contribution is 0.109. The van der Waals surface area contributed by atoms with Crippen molar-refractivity contribution in [3.05, 3.63) is 51.7 Å². The van der Waals surface area contributed by atoms with Gasteiger partial charge >= 0.3 is 0 Å². The fourth-order valence-corrected chi connectivity index (χ4v) is 2.37. The van der Waals surface area contributed by atoms with Crippen LogP contribution in [0.5, 0.6) is 5.75 Å². The standard InChI is InChI=1S/C16H16O3S/c1-18-15-7-6-13(4-2-8-17)14(10-15)11-19-12-16-5-3-9-20-16/h3,5-7,9-10,17H,8,11-12H2,1H3. The highest BCUT2D eigenvalue weighted by atomic mass is 32.1. The number of thiophene rings is 1. The summed E-state index contributed by atoms with van der Waals surface area (Å²) in [4.78, 5) is 1.19. The molecule has 0 aliphatic heterocycles. The van der Waals surface area contributed by atoms with Crippen molar-refractivity contribution in [1.82, 2.24) is 0 Å². The number of aliphatic hydroxyl groups is 1. The van der Waals surface area contributed by atoms with Gasteiger partial charge in [-0.05, 0) is 35.2 Å². The maximum Gasteiger partial charge on any atom is 0.119 e. The highest BCUT2D eigenvalue weighted by Crippen LogP contribution is 2.19. The largest absolute Gasteiger partial charge is 0.497 e. The Morgan fingerprint density at radius 3 is 2.85 bits per heavy atom. The zero-order chi connectivity index (χ0) is 14.2. The predicted octanol–water partition coefficient (Wildman–Crippen LogP) is 2.82. The van der Waals surface area contributed by atoms with E-state index in [1.807, 2.05) is 35.7 Å². The van der Waals surface area contributed by atoms with E-state index < -0.39 is 0 Å². The number of hydrogen-bond donors (Lipinski definition) is 1. The molecule has 2 aromatic rings. The Kier molecular flexibility index (Phi) is 5.63. The zero-order valence-electron chi connectivity index (χ0n) is 11.3. The number of benzene rings is 1. The van der Waals surface area contributed by atoms with Crippen molar-refractivity contribution in [3.63, 3.8) is 0 Å². The van der Waals surface area contributed by atoms with E-state index >= 15 is 0 Å². The second-order valence-electron chi connectivity index (χ2n) is 4.06. The first-order chi connectivity index (χ1) is 9.83. The molecular weight excluding hydrogens is 272 g/mol. The summed E-state index contributed by atoms with van der Waals surface area (Å²) in [7, 11) is 1.63. The number of rotatable bonds is 5. The average Bonchev–Trinajstić information content (AvgIpc) is 2.99. The first-order valence-electron chi connectivity index (χ1n) is 6.20. The Morgan fingerprint density at radius 2 is 2.15 bits per heavy atom. The van der Waals surface area contributed by atoms with Gasteiger partial charge < -0.3 is 14.6 Å². The first kappa shape index (κ1) is 14.6. The van der Waals surface area contributed by atoms with Crippen molar-refractivity contribution >= 4 is 11.3 Å². The van der Waals surface area contributed by atoms with Gasteiger partial charge in [0.15, 0.2) is 0 Å². The van der Waals surface area contributed by atoms with Gasteiger partial charge in [-0.15, -0.1) is 11.3 Å². The number of hydrogen-bond acceptors (Lipinski definition) is 4. The van der Waals surface area contributed by atoms with Gasteiger partial charge in [-0.25, -0.2) is 0 Å². The molecule has 0 atom stereocenters. The lowest BCUT2D eigenvalue weighted by Gasteiger charge is -2.08. The molecule has 0 fully saturated rings. The summed E-state index contributed by atoms with van der Waals surface area (Å²) in [6, 6.07) is 9.70. The SMILES string of the molecule is COc1ccc(C#CCO)c(COCc2cccs2)c1. The van der Waals surface area contributed by atoms with E-state index in [0.717, 1.165) is 16.9 Å². The molecule has 0 aliphatic carbocycles. The van der Waals surface area contributed by atoms with Gasteiger partial charge in [0.05, 0.1) is 20.3 Å². The molecule has 104 valence electrons. The van der Waals surface area contributed by atoms with Crippen LogP contribution in [0.1, 0.15) is 16.0 Å². The van der Waals surface area contributed by atoms with Gasteiger partial charge in [-0.3, -0.25) is 0 Å². The van der Waals surface area contributed by atoms with Gasteiger partial charge in [0, 0.05) is 10.4 Å². The van der Waals surface area contributed by atoms with Crippen LogP contribution in [0.4, 0.5) is 0 Å². The molecule has 0 saturated carbocycles. The maximum atomic E-state index is 8.79. The van der Waals surface area contributed by atoms with Crippen LogP contribution in [0.15, 0.2) is 35.7 Å². The maximum absolute atomic E-state index is 8.79. The molecular formula is C16H16O3S. The number of methoxy groups -OCH3 is 1. The number of aliphatic hydroxyl groups excluding tert-OH is 1. The van der Waals surface area contributed by atoms with E-state index in [1.54, 1.807) is 18.4 Å². The van der Waals surface area contributed by atoms with Gasteiger partial charge in [-0.2, -0.15) is 0 Å². The van der Waals surface area contributed by atoms with Crippen LogP contribution in [0.2, 0.25) is 0 Å². The summed E-state index contributed by atoms with van der Waals surface area (Å²) in [5.41, 5.74) is 1.81. The Bertz CT molecular complexity index is 594. The Morgan fingerprint density at radius 1 is 1.25 bits per heavy atom. The number of ether oxygens (including phenoxy) is 2. The average molecular weight is 288 g/mol. The molecule has 1 aromatic carbocycles. The summed E-state index contributed by atoms with van der Waals surface area (Å²) in [6.45, 7) is 0.897. The monoisotopic (exact) mass is 288 g/mol. The fraction of sp³-hybridized carbons (Fsp3) is 0.250. The molecule has 1 aromatic heterocycles. The molecule has 0 aliphatic rings. The van der Waals surface area contributed by atoms with Crippen molar-refractivity contribution < 1.29 is 14.6 Å². The minimum absolute atomic E-state index is 0.151. The molecule has 0 spiro atoms. The van der Waals surface area contributed by atoms with Gasteiger partial charge in [-0.1, -0.05) is 17.9 Å². The lowest BCUT2D eigenvalue weighted by atomic mass is 10.1. The van der Waals surface area contributed by atoms with Gasteiger partial charge in [0.25, 0.3) is 0 Å². The van der Waals surface area contributed by atoms with Crippen molar-refractivity contribution in [2.24, 2.45) is 0 Å². The van der Waals surface area contributed by atoms with Crippen LogP contribution in [-0.2, 0) is 18.0 Å². The van der Waals surface area contributed by atoms with Crippen LogP contribution in [-0.4, -0.2) is 18.8 Å². The molecule has 0 amide bonds. The minimum atomic E-state index is -0.151.